The van der Waals surface area contributed by atoms with Crippen molar-refractivity contribution in [3.05, 3.63) is 72.0 Å². The van der Waals surface area contributed by atoms with Gasteiger partial charge >= 0.3 is 0 Å². The van der Waals surface area contributed by atoms with E-state index in [1.807, 2.05) is 0 Å². The summed E-state index contributed by atoms with van der Waals surface area (Å²) in [5.74, 6) is 0.489. The molecule has 0 N–H and O–H groups in total. The molecular weight excluding hydrogens is 294 g/mol. The number of hydrogen-bond donors (Lipinski definition) is 0. The summed E-state index contributed by atoms with van der Waals surface area (Å²) in [5, 5.41) is 1.67. The molecule has 0 bridgehead atoms. The summed E-state index contributed by atoms with van der Waals surface area (Å²) >= 11 is 0. The average molecular weight is 326 g/mol. The maximum Gasteiger partial charge on any atom is 0.0728 e. The Bertz CT molecular complexity index is 580. The van der Waals surface area contributed by atoms with Gasteiger partial charge in [-0.1, -0.05) is 72.9 Å². The Morgan fingerprint density at radius 3 is 2.43 bits per heavy atom. The minimum absolute atomic E-state index is 0.447. The monoisotopic (exact) mass is 325 g/mol. The first-order valence-electron chi connectivity index (χ1n) is 8.63. The van der Waals surface area contributed by atoms with Crippen LogP contribution >= 0.6 is 0 Å². The zero-order chi connectivity index (χ0) is 17.0. The Hall–Kier alpha value is -1.38. The first-order valence-corrected chi connectivity index (χ1v) is 12.1. The van der Waals surface area contributed by atoms with Crippen LogP contribution in [-0.2, 0) is 0 Å². The van der Waals surface area contributed by atoms with Crippen LogP contribution in [0.5, 0.6) is 0 Å². The van der Waals surface area contributed by atoms with Crippen LogP contribution in [0.15, 0.2) is 66.4 Å². The molecule has 2 atom stereocenters. The van der Waals surface area contributed by atoms with E-state index in [0.29, 0.717) is 12.0 Å². The van der Waals surface area contributed by atoms with Gasteiger partial charge in [0.15, 0.2) is 0 Å². The highest BCUT2D eigenvalue weighted by atomic mass is 28.3. The van der Waals surface area contributed by atoms with E-state index in [0.717, 1.165) is 19.5 Å². The van der Waals surface area contributed by atoms with E-state index >= 15 is 0 Å². The molecule has 0 aromatic heterocycles. The molecule has 2 heteroatoms. The van der Waals surface area contributed by atoms with Crippen LogP contribution in [0.3, 0.4) is 0 Å². The van der Waals surface area contributed by atoms with Gasteiger partial charge < -0.3 is 0 Å². The van der Waals surface area contributed by atoms with Crippen molar-refractivity contribution in [2.45, 2.75) is 39.0 Å². The molecule has 0 amide bonds. The van der Waals surface area contributed by atoms with Crippen molar-refractivity contribution in [2.75, 3.05) is 13.1 Å². The molecule has 1 nitrogen and oxygen atoms in total. The van der Waals surface area contributed by atoms with Crippen molar-refractivity contribution < 1.29 is 0 Å². The first kappa shape index (κ1) is 18.0. The molecule has 1 unspecified atom stereocenters. The van der Waals surface area contributed by atoms with Gasteiger partial charge in [0.05, 0.1) is 8.07 Å². The van der Waals surface area contributed by atoms with E-state index in [9.17, 15) is 0 Å². The fraction of sp³-hybridized carbons (Fsp3) is 0.429. The maximum atomic E-state index is 4.11. The standard InChI is InChI=1S/C21H31NSi/c1-7-12-21(23(4,5)6)20-16-22(15-18(20)8-2)17(3)19-13-10-9-11-14-19/h7-11,13-14,17-18H,1-2,12,15-16H2,3-6H3/b21-20+/t17-,18?/m0/s1. The van der Waals surface area contributed by atoms with Crippen LogP contribution in [0, 0.1) is 5.92 Å². The molecule has 0 spiro atoms. The number of rotatable bonds is 6. The Kier molecular flexibility index (Phi) is 5.82. The molecule has 1 aliphatic rings. The number of benzene rings is 1. The summed E-state index contributed by atoms with van der Waals surface area (Å²) in [6, 6.07) is 11.3. The first-order chi connectivity index (χ1) is 10.9. The number of allylic oxidation sites excluding steroid dienone is 2. The van der Waals surface area contributed by atoms with Crippen LogP contribution in [-0.4, -0.2) is 26.1 Å². The Morgan fingerprint density at radius 1 is 1.26 bits per heavy atom. The van der Waals surface area contributed by atoms with Crippen molar-refractivity contribution in [2.24, 2.45) is 5.92 Å². The van der Waals surface area contributed by atoms with Crippen molar-refractivity contribution in [3.63, 3.8) is 0 Å². The number of likely N-dealkylation sites (tertiary alicyclic amines) is 1. The summed E-state index contributed by atoms with van der Waals surface area (Å²) in [7, 11) is -1.34. The largest absolute Gasteiger partial charge is 0.292 e. The molecular formula is C21H31NSi. The molecule has 1 aromatic carbocycles. The lowest BCUT2D eigenvalue weighted by Crippen LogP contribution is -2.27. The van der Waals surface area contributed by atoms with Crippen LogP contribution in [0.25, 0.3) is 0 Å². The lowest BCUT2D eigenvalue weighted by atomic mass is 10.0. The van der Waals surface area contributed by atoms with Crippen molar-refractivity contribution in [1.29, 1.82) is 0 Å². The second-order valence-electron chi connectivity index (χ2n) is 7.60. The summed E-state index contributed by atoms with van der Waals surface area (Å²) in [5.41, 5.74) is 3.01. The molecule has 1 heterocycles. The number of hydrogen-bond acceptors (Lipinski definition) is 1. The van der Waals surface area contributed by atoms with Crippen molar-refractivity contribution in [1.82, 2.24) is 4.90 Å². The Labute approximate surface area is 143 Å². The van der Waals surface area contributed by atoms with Crippen LogP contribution in [0.2, 0.25) is 19.6 Å². The maximum absolute atomic E-state index is 4.11. The van der Waals surface area contributed by atoms with E-state index < -0.39 is 8.07 Å². The van der Waals surface area contributed by atoms with E-state index in [4.69, 9.17) is 0 Å². The molecule has 0 saturated carbocycles. The Morgan fingerprint density at radius 2 is 1.91 bits per heavy atom. The predicted molar refractivity (Wildman–Crippen MR) is 105 cm³/mol. The average Bonchev–Trinajstić information content (AvgIpc) is 2.95. The number of nitrogens with zero attached hydrogens (tertiary/aromatic N) is 1. The zero-order valence-electron chi connectivity index (χ0n) is 15.2. The third-order valence-corrected chi connectivity index (χ3v) is 7.34. The van der Waals surface area contributed by atoms with Crippen LogP contribution in [0.1, 0.15) is 24.9 Å². The van der Waals surface area contributed by atoms with E-state index in [1.54, 1.807) is 10.8 Å². The highest BCUT2D eigenvalue weighted by Crippen LogP contribution is 2.36. The fourth-order valence-electron chi connectivity index (χ4n) is 3.60. The predicted octanol–water partition coefficient (Wildman–Crippen LogP) is 5.62. The normalized spacial score (nSPS) is 22.7. The quantitative estimate of drug-likeness (QED) is 0.485. The van der Waals surface area contributed by atoms with Crippen LogP contribution < -0.4 is 0 Å². The highest BCUT2D eigenvalue weighted by molar-refractivity contribution is 6.83. The van der Waals surface area contributed by atoms with Crippen molar-refractivity contribution >= 4 is 8.07 Å². The fourth-order valence-corrected chi connectivity index (χ4v) is 5.58. The lowest BCUT2D eigenvalue weighted by Gasteiger charge is -2.26. The van der Waals surface area contributed by atoms with Gasteiger partial charge in [-0.2, -0.15) is 0 Å². The minimum Gasteiger partial charge on any atom is -0.292 e. The highest BCUT2D eigenvalue weighted by Gasteiger charge is 2.33. The van der Waals surface area contributed by atoms with E-state index in [2.05, 4.69) is 87.1 Å². The molecule has 23 heavy (non-hydrogen) atoms. The van der Waals surface area contributed by atoms with Gasteiger partial charge in [0.25, 0.3) is 0 Å². The van der Waals surface area contributed by atoms with Gasteiger partial charge in [0.1, 0.15) is 0 Å². The van der Waals surface area contributed by atoms with E-state index in [1.165, 1.54) is 5.56 Å². The minimum atomic E-state index is -1.34. The Balaban J connectivity index is 2.33. The third-order valence-electron chi connectivity index (χ3n) is 5.01. The smallest absolute Gasteiger partial charge is 0.0728 e. The second kappa shape index (κ2) is 7.46. The van der Waals surface area contributed by atoms with Gasteiger partial charge in [-0.25, -0.2) is 0 Å². The molecule has 124 valence electrons. The van der Waals surface area contributed by atoms with Gasteiger partial charge in [0, 0.05) is 25.0 Å². The molecule has 1 aromatic rings. The van der Waals surface area contributed by atoms with Crippen LogP contribution in [0.4, 0.5) is 0 Å². The third kappa shape index (κ3) is 4.13. The summed E-state index contributed by atoms with van der Waals surface area (Å²) in [6.07, 6.45) is 5.25. The second-order valence-corrected chi connectivity index (χ2v) is 12.7. The van der Waals surface area contributed by atoms with Crippen molar-refractivity contribution in [3.8, 4) is 0 Å². The van der Waals surface area contributed by atoms with Gasteiger partial charge in [-0.15, -0.1) is 13.2 Å². The molecule has 0 aliphatic carbocycles. The molecule has 1 saturated heterocycles. The molecule has 1 fully saturated rings. The van der Waals surface area contributed by atoms with Gasteiger partial charge in [0.2, 0.25) is 0 Å². The topological polar surface area (TPSA) is 3.24 Å². The zero-order valence-corrected chi connectivity index (χ0v) is 16.2. The van der Waals surface area contributed by atoms with E-state index in [-0.39, 0.29) is 0 Å². The van der Waals surface area contributed by atoms with Gasteiger partial charge in [-0.3, -0.25) is 4.90 Å². The summed E-state index contributed by atoms with van der Waals surface area (Å²) in [4.78, 5) is 2.60. The molecule has 2 rings (SSSR count). The summed E-state index contributed by atoms with van der Waals surface area (Å²) in [6.45, 7) is 19.9. The van der Waals surface area contributed by atoms with Gasteiger partial charge in [-0.05, 0) is 18.9 Å². The summed E-state index contributed by atoms with van der Waals surface area (Å²) < 4.78 is 0. The molecule has 0 radical (unpaired) electrons. The lowest BCUT2D eigenvalue weighted by molar-refractivity contribution is 0.260. The SMILES string of the molecule is C=CC/C(=C1/CN([C@@H](C)c2ccccc2)CC1C=C)[Si](C)(C)C. The molecule has 1 aliphatic heterocycles.